The molecule has 0 spiro atoms. The van der Waals surface area contributed by atoms with E-state index in [4.69, 9.17) is 0 Å². The summed E-state index contributed by atoms with van der Waals surface area (Å²) in [6.45, 7) is 6.66. The van der Waals surface area contributed by atoms with Crippen molar-refractivity contribution in [1.82, 2.24) is 4.90 Å². The number of benzene rings is 1. The number of carbonyl (C=O) groups is 2. The number of amides is 2. The van der Waals surface area contributed by atoms with Gasteiger partial charge >= 0.3 is 0 Å². The third-order valence-electron chi connectivity index (χ3n) is 3.81. The highest BCUT2D eigenvalue weighted by Gasteiger charge is 2.49. The van der Waals surface area contributed by atoms with Crippen molar-refractivity contribution in [3.8, 4) is 0 Å². The second-order valence-electron chi connectivity index (χ2n) is 5.31. The first-order chi connectivity index (χ1) is 10.8. The highest BCUT2D eigenvalue weighted by Crippen LogP contribution is 2.34. The minimum absolute atomic E-state index is 0.103. The van der Waals surface area contributed by atoms with Crippen LogP contribution in [0.3, 0.4) is 0 Å². The molecule has 0 aromatic heterocycles. The standard InChI is InChI=1S/C17H17F2NO3/c1-3-11(21)9-10-17(18,19)14(4-2)20-15(22)12-7-5-6-8-13(12)16(20)23/h3-8,11,14,21H,1-2,9-10H2. The number of imide groups is 1. The van der Waals surface area contributed by atoms with Crippen LogP contribution >= 0.6 is 0 Å². The second-order valence-corrected chi connectivity index (χ2v) is 5.31. The second kappa shape index (κ2) is 6.42. The molecule has 1 aliphatic rings. The summed E-state index contributed by atoms with van der Waals surface area (Å²) >= 11 is 0. The number of halogens is 2. The van der Waals surface area contributed by atoms with Crippen LogP contribution in [0.2, 0.25) is 0 Å². The summed E-state index contributed by atoms with van der Waals surface area (Å²) in [5.41, 5.74) is 0.206. The normalized spacial score (nSPS) is 16.9. The van der Waals surface area contributed by atoms with Crippen LogP contribution < -0.4 is 0 Å². The maximum Gasteiger partial charge on any atom is 0.272 e. The maximum absolute atomic E-state index is 14.4. The number of aliphatic hydroxyl groups excluding tert-OH is 1. The fourth-order valence-electron chi connectivity index (χ4n) is 2.53. The van der Waals surface area contributed by atoms with Crippen LogP contribution in [0.15, 0.2) is 49.6 Å². The predicted octanol–water partition coefficient (Wildman–Crippen LogP) is 2.80. The molecular formula is C17H17F2NO3. The number of carbonyl (C=O) groups excluding carboxylic acids is 2. The Hall–Kier alpha value is -2.34. The molecule has 2 rings (SSSR count). The molecule has 122 valence electrons. The molecule has 6 heteroatoms. The van der Waals surface area contributed by atoms with Crippen molar-refractivity contribution in [2.45, 2.75) is 30.9 Å². The zero-order valence-electron chi connectivity index (χ0n) is 12.4. The maximum atomic E-state index is 14.4. The van der Waals surface area contributed by atoms with Crippen molar-refractivity contribution in [2.75, 3.05) is 0 Å². The fraction of sp³-hybridized carbons (Fsp3) is 0.294. The van der Waals surface area contributed by atoms with E-state index in [1.54, 1.807) is 12.1 Å². The zero-order chi connectivity index (χ0) is 17.2. The number of aliphatic hydroxyl groups is 1. The smallest absolute Gasteiger partial charge is 0.272 e. The summed E-state index contributed by atoms with van der Waals surface area (Å²) in [5, 5.41) is 9.36. The Balaban J connectivity index is 2.28. The Bertz CT molecular complexity index is 622. The molecule has 23 heavy (non-hydrogen) atoms. The lowest BCUT2D eigenvalue weighted by Gasteiger charge is -2.31. The third kappa shape index (κ3) is 3.07. The van der Waals surface area contributed by atoms with Crippen LogP contribution in [0.25, 0.3) is 0 Å². The molecule has 1 N–H and O–H groups in total. The van der Waals surface area contributed by atoms with E-state index in [0.29, 0.717) is 4.90 Å². The topological polar surface area (TPSA) is 57.6 Å². The van der Waals surface area contributed by atoms with Gasteiger partial charge in [-0.3, -0.25) is 14.5 Å². The van der Waals surface area contributed by atoms with Gasteiger partial charge in [0.2, 0.25) is 0 Å². The zero-order valence-corrected chi connectivity index (χ0v) is 12.4. The molecule has 0 saturated heterocycles. The summed E-state index contributed by atoms with van der Waals surface area (Å²) in [7, 11) is 0. The van der Waals surface area contributed by atoms with Gasteiger partial charge in [-0.15, -0.1) is 13.2 Å². The van der Waals surface area contributed by atoms with Crippen molar-refractivity contribution in [3.05, 3.63) is 60.7 Å². The van der Waals surface area contributed by atoms with E-state index in [9.17, 15) is 23.5 Å². The Morgan fingerprint density at radius 2 is 1.65 bits per heavy atom. The Labute approximate surface area is 132 Å². The van der Waals surface area contributed by atoms with Crippen LogP contribution in [0.4, 0.5) is 8.78 Å². The van der Waals surface area contributed by atoms with E-state index < -0.39 is 36.3 Å². The largest absolute Gasteiger partial charge is 0.389 e. The van der Waals surface area contributed by atoms with Gasteiger partial charge in [0.15, 0.2) is 0 Å². The molecule has 0 fully saturated rings. The monoisotopic (exact) mass is 321 g/mol. The molecule has 1 aromatic rings. The van der Waals surface area contributed by atoms with Gasteiger partial charge in [-0.1, -0.05) is 24.3 Å². The van der Waals surface area contributed by atoms with E-state index in [1.807, 2.05) is 0 Å². The van der Waals surface area contributed by atoms with Gasteiger partial charge in [-0.25, -0.2) is 8.78 Å². The number of alkyl halides is 2. The number of hydrogen-bond donors (Lipinski definition) is 1. The van der Waals surface area contributed by atoms with Gasteiger partial charge in [0.1, 0.15) is 6.04 Å². The summed E-state index contributed by atoms with van der Waals surface area (Å²) < 4.78 is 28.9. The molecule has 0 aliphatic carbocycles. The van der Waals surface area contributed by atoms with E-state index in [-0.39, 0.29) is 17.5 Å². The van der Waals surface area contributed by atoms with Crippen molar-refractivity contribution in [3.63, 3.8) is 0 Å². The first-order valence-corrected chi connectivity index (χ1v) is 7.11. The highest BCUT2D eigenvalue weighted by molar-refractivity contribution is 6.21. The van der Waals surface area contributed by atoms with E-state index >= 15 is 0 Å². The van der Waals surface area contributed by atoms with Gasteiger partial charge in [0, 0.05) is 6.42 Å². The van der Waals surface area contributed by atoms with Crippen LogP contribution in [0.1, 0.15) is 33.6 Å². The summed E-state index contributed by atoms with van der Waals surface area (Å²) in [6, 6.07) is 4.21. The molecule has 1 aliphatic heterocycles. The van der Waals surface area contributed by atoms with E-state index in [0.717, 1.165) is 12.2 Å². The first-order valence-electron chi connectivity index (χ1n) is 7.11. The van der Waals surface area contributed by atoms with Crippen LogP contribution in [-0.2, 0) is 0 Å². The SMILES string of the molecule is C=CC(O)CCC(F)(F)C(C=C)N1C(=O)c2ccccc2C1=O. The first kappa shape index (κ1) is 17.0. The van der Waals surface area contributed by atoms with Gasteiger partial charge < -0.3 is 5.11 Å². The average molecular weight is 321 g/mol. The van der Waals surface area contributed by atoms with Crippen molar-refractivity contribution < 1.29 is 23.5 Å². The van der Waals surface area contributed by atoms with Crippen LogP contribution in [0.5, 0.6) is 0 Å². The Morgan fingerprint density at radius 3 is 2.09 bits per heavy atom. The predicted molar refractivity (Wildman–Crippen MR) is 81.3 cm³/mol. The molecular weight excluding hydrogens is 304 g/mol. The molecule has 1 heterocycles. The quantitative estimate of drug-likeness (QED) is 0.620. The Kier molecular flexibility index (Phi) is 4.75. The summed E-state index contributed by atoms with van der Waals surface area (Å²) in [4.78, 5) is 25.2. The third-order valence-corrected chi connectivity index (χ3v) is 3.81. The molecule has 0 radical (unpaired) electrons. The minimum atomic E-state index is -3.40. The fourth-order valence-corrected chi connectivity index (χ4v) is 2.53. The summed E-state index contributed by atoms with van der Waals surface area (Å²) in [5.74, 6) is -4.93. The van der Waals surface area contributed by atoms with Gasteiger partial charge in [-0.2, -0.15) is 0 Å². The average Bonchev–Trinajstić information content (AvgIpc) is 2.79. The molecule has 0 saturated carbocycles. The van der Waals surface area contributed by atoms with E-state index in [1.165, 1.54) is 12.1 Å². The van der Waals surface area contributed by atoms with Gasteiger partial charge in [0.25, 0.3) is 17.7 Å². The van der Waals surface area contributed by atoms with Gasteiger partial charge in [0.05, 0.1) is 17.2 Å². The highest BCUT2D eigenvalue weighted by atomic mass is 19.3. The summed E-state index contributed by atoms with van der Waals surface area (Å²) in [6.07, 6.45) is 0.0330. The molecule has 1 aromatic carbocycles. The molecule has 2 unspecified atom stereocenters. The molecule has 2 amide bonds. The number of fused-ring (bicyclic) bond motifs is 1. The van der Waals surface area contributed by atoms with Crippen molar-refractivity contribution in [1.29, 1.82) is 0 Å². The molecule has 2 atom stereocenters. The minimum Gasteiger partial charge on any atom is -0.389 e. The number of hydrogen-bond acceptors (Lipinski definition) is 3. The van der Waals surface area contributed by atoms with Crippen LogP contribution in [0, 0.1) is 0 Å². The lowest BCUT2D eigenvalue weighted by Crippen LogP contribution is -2.49. The molecule has 0 bridgehead atoms. The van der Waals surface area contributed by atoms with Crippen LogP contribution in [-0.4, -0.2) is 39.9 Å². The van der Waals surface area contributed by atoms with Crippen molar-refractivity contribution >= 4 is 11.8 Å². The van der Waals surface area contributed by atoms with Crippen molar-refractivity contribution in [2.24, 2.45) is 0 Å². The molecule has 4 nitrogen and oxygen atoms in total. The van der Waals surface area contributed by atoms with E-state index in [2.05, 4.69) is 13.2 Å². The van der Waals surface area contributed by atoms with Gasteiger partial charge in [-0.05, 0) is 18.6 Å². The lowest BCUT2D eigenvalue weighted by atomic mass is 10.0. The Morgan fingerprint density at radius 1 is 1.13 bits per heavy atom. The number of rotatable bonds is 7. The lowest BCUT2D eigenvalue weighted by molar-refractivity contribution is -0.0608. The number of nitrogens with zero attached hydrogens (tertiary/aromatic N) is 1.